The number of aromatic nitrogens is 4. The molecule has 1 unspecified atom stereocenters. The molecule has 1 aromatic carbocycles. The highest BCUT2D eigenvalue weighted by atomic mass is 35.5. The summed E-state index contributed by atoms with van der Waals surface area (Å²) in [6.45, 7) is 6.16. The van der Waals surface area contributed by atoms with Gasteiger partial charge in [0.2, 0.25) is 0 Å². The Bertz CT molecular complexity index is 1030. The van der Waals surface area contributed by atoms with E-state index in [0.29, 0.717) is 23.0 Å². The minimum Gasteiger partial charge on any atom is -0.344 e. The van der Waals surface area contributed by atoms with E-state index in [2.05, 4.69) is 20.6 Å². The van der Waals surface area contributed by atoms with Crippen LogP contribution in [0.15, 0.2) is 35.0 Å². The molecule has 0 aliphatic rings. The zero-order chi connectivity index (χ0) is 20.3. The summed E-state index contributed by atoms with van der Waals surface area (Å²) in [5.41, 5.74) is 1.96. The molecule has 1 N–H and O–H groups in total. The van der Waals surface area contributed by atoms with Gasteiger partial charge in [0.15, 0.2) is 5.82 Å². The lowest BCUT2D eigenvalue weighted by Gasteiger charge is -2.12. The zero-order valence-corrected chi connectivity index (χ0v) is 16.4. The first-order chi connectivity index (χ1) is 13.4. The average molecular weight is 399 g/mol. The van der Waals surface area contributed by atoms with Crippen LogP contribution in [0.1, 0.15) is 48.8 Å². The van der Waals surface area contributed by atoms with Crippen molar-refractivity contribution in [2.24, 2.45) is 0 Å². The molecule has 0 fully saturated rings. The molecular weight excluding hydrogens is 380 g/mol. The maximum absolute atomic E-state index is 12.2. The van der Waals surface area contributed by atoms with E-state index in [0.717, 1.165) is 11.3 Å². The maximum atomic E-state index is 12.2. The minimum absolute atomic E-state index is 0.0519. The van der Waals surface area contributed by atoms with Gasteiger partial charge in [0.05, 0.1) is 22.8 Å². The Morgan fingerprint density at radius 3 is 2.79 bits per heavy atom. The summed E-state index contributed by atoms with van der Waals surface area (Å²) in [4.78, 5) is 16.3. The number of halogens is 1. The van der Waals surface area contributed by atoms with Crippen molar-refractivity contribution in [1.82, 2.24) is 25.2 Å². The highest BCUT2D eigenvalue weighted by Gasteiger charge is 2.19. The number of benzene rings is 1. The molecular formula is C19H19ClN6O2. The summed E-state index contributed by atoms with van der Waals surface area (Å²) in [6, 6.07) is 8.83. The minimum atomic E-state index is -0.418. The van der Waals surface area contributed by atoms with Crippen LogP contribution >= 0.6 is 11.6 Å². The molecule has 3 rings (SSSR count). The predicted molar refractivity (Wildman–Crippen MR) is 103 cm³/mol. The summed E-state index contributed by atoms with van der Waals surface area (Å²) in [6.07, 6.45) is 1.81. The Balaban J connectivity index is 1.63. The normalized spacial score (nSPS) is 12.0. The quantitative estimate of drug-likeness (QED) is 0.681. The van der Waals surface area contributed by atoms with Crippen LogP contribution in [-0.2, 0) is 6.54 Å². The van der Waals surface area contributed by atoms with Crippen molar-refractivity contribution in [2.75, 3.05) is 0 Å². The average Bonchev–Trinajstić information content (AvgIpc) is 3.31. The van der Waals surface area contributed by atoms with Crippen molar-refractivity contribution < 1.29 is 9.32 Å². The van der Waals surface area contributed by atoms with Crippen LogP contribution < -0.4 is 5.32 Å². The topological polar surface area (TPSA) is 110 Å². The molecule has 2 aromatic heterocycles. The third kappa shape index (κ3) is 4.38. The Hall–Kier alpha value is -3.18. The van der Waals surface area contributed by atoms with Gasteiger partial charge in [0.1, 0.15) is 6.07 Å². The van der Waals surface area contributed by atoms with Gasteiger partial charge in [-0.2, -0.15) is 15.3 Å². The number of amides is 1. The second-order valence-electron chi connectivity index (χ2n) is 6.72. The molecule has 0 spiro atoms. The first-order valence-electron chi connectivity index (χ1n) is 8.75. The third-order valence-electron chi connectivity index (χ3n) is 4.02. The van der Waals surface area contributed by atoms with Crippen LogP contribution in [0.25, 0.3) is 11.3 Å². The number of carbonyl (C=O) groups is 1. The van der Waals surface area contributed by atoms with Crippen LogP contribution in [0.5, 0.6) is 0 Å². The highest BCUT2D eigenvalue weighted by Crippen LogP contribution is 2.24. The summed E-state index contributed by atoms with van der Waals surface area (Å²) in [5, 5.41) is 20.4. The molecule has 0 radical (unpaired) electrons. The van der Waals surface area contributed by atoms with E-state index in [1.807, 2.05) is 39.1 Å². The van der Waals surface area contributed by atoms with E-state index in [-0.39, 0.29) is 17.9 Å². The van der Waals surface area contributed by atoms with Crippen molar-refractivity contribution >= 4 is 17.5 Å². The first-order valence-corrected chi connectivity index (χ1v) is 9.13. The smallest absolute Gasteiger partial charge is 0.315 e. The van der Waals surface area contributed by atoms with Crippen LogP contribution in [0, 0.1) is 11.3 Å². The fourth-order valence-electron chi connectivity index (χ4n) is 2.56. The van der Waals surface area contributed by atoms with Crippen molar-refractivity contribution in [3.8, 4) is 17.3 Å². The molecule has 144 valence electrons. The Labute approximate surface area is 167 Å². The number of nitrogens with one attached hydrogen (secondary N) is 1. The van der Waals surface area contributed by atoms with Gasteiger partial charge in [-0.3, -0.25) is 9.48 Å². The molecule has 0 aliphatic carbocycles. The van der Waals surface area contributed by atoms with E-state index in [1.54, 1.807) is 22.9 Å². The molecule has 0 aliphatic heterocycles. The monoisotopic (exact) mass is 398 g/mol. The molecule has 0 saturated heterocycles. The van der Waals surface area contributed by atoms with E-state index in [4.69, 9.17) is 21.4 Å². The summed E-state index contributed by atoms with van der Waals surface area (Å²) in [5.74, 6) is 0.110. The molecule has 0 saturated carbocycles. The summed E-state index contributed by atoms with van der Waals surface area (Å²) < 4.78 is 6.72. The number of hydrogen-bond donors (Lipinski definition) is 1. The Morgan fingerprint density at radius 2 is 2.14 bits per heavy atom. The number of rotatable bonds is 6. The second kappa shape index (κ2) is 8.23. The number of nitriles is 1. The van der Waals surface area contributed by atoms with E-state index < -0.39 is 5.91 Å². The first kappa shape index (κ1) is 19.6. The molecule has 2 heterocycles. The fourth-order valence-corrected chi connectivity index (χ4v) is 2.78. The lowest BCUT2D eigenvalue weighted by atomic mass is 10.1. The third-order valence-corrected chi connectivity index (χ3v) is 4.33. The molecule has 1 amide bonds. The van der Waals surface area contributed by atoms with Gasteiger partial charge in [-0.25, -0.2) is 0 Å². The molecule has 0 bridgehead atoms. The lowest BCUT2D eigenvalue weighted by Crippen LogP contribution is -2.36. The standard InChI is InChI=1S/C19H19ClN6O2/c1-11(2)17-23-19(28-25-17)18(27)22-12(3)10-26-7-6-16(24-26)13-4-5-14(9-21)15(20)8-13/h4-8,11-12H,10H2,1-3H3,(H,22,27). The van der Waals surface area contributed by atoms with Gasteiger partial charge in [-0.1, -0.05) is 36.7 Å². The molecule has 1 atom stereocenters. The van der Waals surface area contributed by atoms with Crippen molar-refractivity contribution in [3.05, 3.63) is 52.8 Å². The van der Waals surface area contributed by atoms with E-state index >= 15 is 0 Å². The van der Waals surface area contributed by atoms with Crippen molar-refractivity contribution in [1.29, 1.82) is 5.26 Å². The number of hydrogen-bond acceptors (Lipinski definition) is 6. The second-order valence-corrected chi connectivity index (χ2v) is 7.12. The molecule has 28 heavy (non-hydrogen) atoms. The van der Waals surface area contributed by atoms with Gasteiger partial charge in [-0.05, 0) is 25.1 Å². The van der Waals surface area contributed by atoms with Crippen LogP contribution in [0.4, 0.5) is 0 Å². The van der Waals surface area contributed by atoms with Crippen molar-refractivity contribution in [2.45, 2.75) is 39.3 Å². The fraction of sp³-hybridized carbons (Fsp3) is 0.316. The Morgan fingerprint density at radius 1 is 1.36 bits per heavy atom. The molecule has 8 nitrogen and oxygen atoms in total. The molecule has 3 aromatic rings. The number of nitrogens with zero attached hydrogens (tertiary/aromatic N) is 5. The van der Waals surface area contributed by atoms with Crippen LogP contribution in [0.3, 0.4) is 0 Å². The van der Waals surface area contributed by atoms with Crippen molar-refractivity contribution in [3.63, 3.8) is 0 Å². The highest BCUT2D eigenvalue weighted by molar-refractivity contribution is 6.32. The van der Waals surface area contributed by atoms with Gasteiger partial charge < -0.3 is 9.84 Å². The van der Waals surface area contributed by atoms with Gasteiger partial charge in [0.25, 0.3) is 0 Å². The summed E-state index contributed by atoms with van der Waals surface area (Å²) >= 11 is 6.08. The van der Waals surface area contributed by atoms with E-state index in [1.165, 1.54) is 0 Å². The summed E-state index contributed by atoms with van der Waals surface area (Å²) in [7, 11) is 0. The van der Waals surface area contributed by atoms with Gasteiger partial charge in [0, 0.05) is 23.7 Å². The van der Waals surface area contributed by atoms with Gasteiger partial charge >= 0.3 is 11.8 Å². The maximum Gasteiger partial charge on any atom is 0.315 e. The number of carbonyl (C=O) groups excluding carboxylic acids is 1. The lowest BCUT2D eigenvalue weighted by molar-refractivity contribution is 0.0891. The molecule has 9 heteroatoms. The van der Waals surface area contributed by atoms with Gasteiger partial charge in [-0.15, -0.1) is 0 Å². The zero-order valence-electron chi connectivity index (χ0n) is 15.7. The van der Waals surface area contributed by atoms with E-state index in [9.17, 15) is 4.79 Å². The largest absolute Gasteiger partial charge is 0.344 e. The SMILES string of the molecule is CC(Cn1ccc(-c2ccc(C#N)c(Cl)c2)n1)NC(=O)c1nc(C(C)C)no1. The Kier molecular flexibility index (Phi) is 5.76. The predicted octanol–water partition coefficient (Wildman–Crippen LogP) is 3.40. The van der Waals surface area contributed by atoms with Crippen LogP contribution in [0.2, 0.25) is 5.02 Å². The van der Waals surface area contributed by atoms with Crippen LogP contribution in [-0.4, -0.2) is 31.9 Å².